The largest absolute Gasteiger partial charge is 0.171 e. The van der Waals surface area contributed by atoms with E-state index in [2.05, 4.69) is 12.1 Å². The molecule has 0 unspecified atom stereocenters. The van der Waals surface area contributed by atoms with E-state index in [-0.39, 0.29) is 0 Å². The van der Waals surface area contributed by atoms with E-state index in [0.717, 1.165) is 4.90 Å². The molecule has 0 bridgehead atoms. The smallest absolute Gasteiger partial charge is 0.0887 e. The van der Waals surface area contributed by atoms with Gasteiger partial charge in [0.1, 0.15) is 0 Å². The van der Waals surface area contributed by atoms with Crippen LogP contribution in [0.1, 0.15) is 12.0 Å². The zero-order valence-corrected chi connectivity index (χ0v) is 9.16. The van der Waals surface area contributed by atoms with E-state index in [9.17, 15) is 0 Å². The quantitative estimate of drug-likeness (QED) is 0.599. The van der Waals surface area contributed by atoms with Crippen LogP contribution in [0.3, 0.4) is 0 Å². The van der Waals surface area contributed by atoms with Gasteiger partial charge in [-0.05, 0) is 11.6 Å². The molecule has 0 aliphatic carbocycles. The fourth-order valence-electron chi connectivity index (χ4n) is 1.24. The van der Waals surface area contributed by atoms with Gasteiger partial charge in [0, 0.05) is 11.3 Å². The van der Waals surface area contributed by atoms with E-state index in [1.807, 2.05) is 24.3 Å². The molecule has 68 valence electrons. The van der Waals surface area contributed by atoms with Crippen LogP contribution in [0.15, 0.2) is 35.2 Å². The van der Waals surface area contributed by atoms with E-state index >= 15 is 0 Å². The molecule has 1 aliphatic rings. The summed E-state index contributed by atoms with van der Waals surface area (Å²) < 4.78 is -0.719. The van der Waals surface area contributed by atoms with Crippen molar-refractivity contribution in [1.82, 2.24) is 0 Å². The number of benzene rings is 1. The maximum Gasteiger partial charge on any atom is 0.171 e. The van der Waals surface area contributed by atoms with Crippen molar-refractivity contribution in [2.75, 3.05) is 0 Å². The van der Waals surface area contributed by atoms with Crippen LogP contribution < -0.4 is 0 Å². The van der Waals surface area contributed by atoms with Crippen LogP contribution in [-0.4, -0.2) is 3.67 Å². The second-order valence-electron chi connectivity index (χ2n) is 2.88. The lowest BCUT2D eigenvalue weighted by atomic mass is 10.2. The molecule has 0 radical (unpaired) electrons. The summed E-state index contributed by atoms with van der Waals surface area (Å²) in [5.41, 5.74) is 1.19. The summed E-state index contributed by atoms with van der Waals surface area (Å²) in [4.78, 5) is 1.14. The minimum Gasteiger partial charge on any atom is -0.0887 e. The Bertz CT molecular complexity index is 345. The van der Waals surface area contributed by atoms with E-state index in [0.29, 0.717) is 6.42 Å². The zero-order chi connectivity index (χ0) is 9.31. The molecule has 13 heavy (non-hydrogen) atoms. The second-order valence-corrected chi connectivity index (χ2v) is 6.16. The molecule has 1 heterocycles. The molecule has 0 nitrogen and oxygen atoms in total. The van der Waals surface area contributed by atoms with E-state index in [1.165, 1.54) is 17.3 Å². The summed E-state index contributed by atoms with van der Waals surface area (Å²) in [5.74, 6) is 0. The first-order valence-corrected chi connectivity index (χ1v) is 5.57. The van der Waals surface area contributed by atoms with E-state index < -0.39 is 3.67 Å². The second kappa shape index (κ2) is 3.56. The number of rotatable bonds is 0. The lowest BCUT2D eigenvalue weighted by Gasteiger charge is -2.15. The fraction of sp³-hybridized carbons (Fsp3) is 0.200. The summed E-state index contributed by atoms with van der Waals surface area (Å²) in [6, 6.07) is 8.11. The number of halogens is 2. The molecular formula is C10H8Cl2S. The van der Waals surface area contributed by atoms with Crippen molar-refractivity contribution in [1.29, 1.82) is 0 Å². The van der Waals surface area contributed by atoms with Gasteiger partial charge in [-0.25, -0.2) is 0 Å². The number of alkyl halides is 2. The summed E-state index contributed by atoms with van der Waals surface area (Å²) in [6.45, 7) is 0. The Balaban J connectivity index is 2.43. The molecule has 1 aromatic rings. The van der Waals surface area contributed by atoms with Crippen molar-refractivity contribution >= 4 is 41.0 Å². The third kappa shape index (κ3) is 2.22. The van der Waals surface area contributed by atoms with Gasteiger partial charge in [-0.3, -0.25) is 0 Å². The predicted octanol–water partition coefficient (Wildman–Crippen LogP) is 4.33. The van der Waals surface area contributed by atoms with Crippen LogP contribution in [0.25, 0.3) is 6.08 Å². The highest BCUT2D eigenvalue weighted by atomic mass is 35.5. The highest BCUT2D eigenvalue weighted by Gasteiger charge is 2.26. The van der Waals surface area contributed by atoms with Crippen molar-refractivity contribution < 1.29 is 0 Å². The van der Waals surface area contributed by atoms with Gasteiger partial charge >= 0.3 is 0 Å². The first kappa shape index (κ1) is 9.45. The number of fused-ring (bicyclic) bond motifs is 1. The van der Waals surface area contributed by atoms with E-state index in [1.54, 1.807) is 0 Å². The topological polar surface area (TPSA) is 0 Å². The third-order valence-electron chi connectivity index (χ3n) is 1.83. The van der Waals surface area contributed by atoms with Crippen LogP contribution >= 0.6 is 35.0 Å². The molecule has 1 aromatic carbocycles. The van der Waals surface area contributed by atoms with Crippen LogP contribution in [-0.2, 0) is 0 Å². The number of hydrogen-bond acceptors (Lipinski definition) is 1. The SMILES string of the molecule is ClC1(Cl)CC=Cc2ccccc2S1. The minimum atomic E-state index is -0.719. The summed E-state index contributed by atoms with van der Waals surface area (Å²) in [5, 5.41) is 0. The fourth-order valence-corrected chi connectivity index (χ4v) is 2.82. The monoisotopic (exact) mass is 230 g/mol. The molecular weight excluding hydrogens is 223 g/mol. The van der Waals surface area contributed by atoms with Crippen LogP contribution in [0.4, 0.5) is 0 Å². The van der Waals surface area contributed by atoms with Gasteiger partial charge in [-0.15, -0.1) is 0 Å². The van der Waals surface area contributed by atoms with Gasteiger partial charge in [0.05, 0.1) is 0 Å². The minimum absolute atomic E-state index is 0.676. The predicted molar refractivity (Wildman–Crippen MR) is 60.4 cm³/mol. The molecule has 0 saturated heterocycles. The Morgan fingerprint density at radius 1 is 1.23 bits per heavy atom. The van der Waals surface area contributed by atoms with Gasteiger partial charge in [-0.1, -0.05) is 65.3 Å². The third-order valence-corrected chi connectivity index (χ3v) is 3.66. The molecule has 0 fully saturated rings. The maximum absolute atomic E-state index is 6.08. The maximum atomic E-state index is 6.08. The Hall–Kier alpha value is -0.110. The number of hydrogen-bond donors (Lipinski definition) is 0. The first-order chi connectivity index (χ1) is 6.17. The molecule has 3 heteroatoms. The number of thioether (sulfide) groups is 1. The van der Waals surface area contributed by atoms with Crippen LogP contribution in [0.5, 0.6) is 0 Å². The van der Waals surface area contributed by atoms with Crippen molar-refractivity contribution in [3.63, 3.8) is 0 Å². The standard InChI is InChI=1S/C10H8Cl2S/c11-10(12)7-3-5-8-4-1-2-6-9(8)13-10/h1-6H,7H2. The average molecular weight is 231 g/mol. The van der Waals surface area contributed by atoms with Crippen LogP contribution in [0, 0.1) is 0 Å². The van der Waals surface area contributed by atoms with Gasteiger partial charge in [-0.2, -0.15) is 0 Å². The first-order valence-electron chi connectivity index (χ1n) is 4.00. The highest BCUT2D eigenvalue weighted by Crippen LogP contribution is 2.46. The van der Waals surface area contributed by atoms with Crippen molar-refractivity contribution in [2.24, 2.45) is 0 Å². The zero-order valence-electron chi connectivity index (χ0n) is 6.84. The summed E-state index contributed by atoms with van der Waals surface area (Å²) >= 11 is 13.7. The van der Waals surface area contributed by atoms with Gasteiger partial charge in [0.15, 0.2) is 3.67 Å². The Labute approximate surface area is 91.9 Å². The normalized spacial score (nSPS) is 19.2. The Morgan fingerprint density at radius 3 is 2.85 bits per heavy atom. The van der Waals surface area contributed by atoms with Crippen LogP contribution in [0.2, 0.25) is 0 Å². The lowest BCUT2D eigenvalue weighted by Crippen LogP contribution is -2.03. The van der Waals surface area contributed by atoms with Crippen molar-refractivity contribution in [3.8, 4) is 0 Å². The average Bonchev–Trinajstić information content (AvgIpc) is 2.21. The molecule has 1 aliphatic heterocycles. The molecule has 2 rings (SSSR count). The Kier molecular flexibility index (Phi) is 2.59. The van der Waals surface area contributed by atoms with Gasteiger partial charge < -0.3 is 0 Å². The molecule has 0 spiro atoms. The Morgan fingerprint density at radius 2 is 2.00 bits per heavy atom. The highest BCUT2D eigenvalue weighted by molar-refractivity contribution is 8.03. The molecule has 0 aromatic heterocycles. The van der Waals surface area contributed by atoms with Gasteiger partial charge in [0.2, 0.25) is 0 Å². The molecule has 0 saturated carbocycles. The summed E-state index contributed by atoms with van der Waals surface area (Å²) in [7, 11) is 0. The van der Waals surface area contributed by atoms with Crippen molar-refractivity contribution in [2.45, 2.75) is 15.0 Å². The molecule has 0 N–H and O–H groups in total. The molecule has 0 amide bonds. The van der Waals surface area contributed by atoms with Gasteiger partial charge in [0.25, 0.3) is 0 Å². The number of allylic oxidation sites excluding steroid dienone is 1. The lowest BCUT2D eigenvalue weighted by molar-refractivity contribution is 1.10. The summed E-state index contributed by atoms with van der Waals surface area (Å²) in [6.07, 6.45) is 4.75. The van der Waals surface area contributed by atoms with Crippen molar-refractivity contribution in [3.05, 3.63) is 35.9 Å². The van der Waals surface area contributed by atoms with E-state index in [4.69, 9.17) is 23.2 Å². The molecule has 0 atom stereocenters.